The van der Waals surface area contributed by atoms with Crippen LogP contribution >= 0.6 is 0 Å². The van der Waals surface area contributed by atoms with Crippen molar-refractivity contribution in [1.29, 1.82) is 0 Å². The fourth-order valence-corrected chi connectivity index (χ4v) is 1.74. The molecular weight excluding hydrogens is 254 g/mol. The summed E-state index contributed by atoms with van der Waals surface area (Å²) in [5, 5.41) is 3.83. The third-order valence-electron chi connectivity index (χ3n) is 2.70. The van der Waals surface area contributed by atoms with E-state index in [2.05, 4.69) is 15.5 Å². The summed E-state index contributed by atoms with van der Waals surface area (Å²) >= 11 is 0. The van der Waals surface area contributed by atoms with Gasteiger partial charge in [-0.3, -0.25) is 4.79 Å². The average Bonchev–Trinajstić information content (AvgIpc) is 2.91. The molecule has 1 aromatic heterocycles. The molecule has 20 heavy (non-hydrogen) atoms. The van der Waals surface area contributed by atoms with Gasteiger partial charge in [-0.05, 0) is 37.6 Å². The Morgan fingerprint density at radius 3 is 2.95 bits per heavy atom. The van der Waals surface area contributed by atoms with Gasteiger partial charge < -0.3 is 9.72 Å². The predicted molar refractivity (Wildman–Crippen MR) is 77.9 cm³/mol. The van der Waals surface area contributed by atoms with E-state index in [-0.39, 0.29) is 12.5 Å². The molecule has 0 spiro atoms. The molecule has 0 saturated carbocycles. The maximum atomic E-state index is 11.6. The number of aromatic nitrogens is 1. The van der Waals surface area contributed by atoms with E-state index < -0.39 is 0 Å². The Morgan fingerprint density at radius 1 is 1.40 bits per heavy atom. The predicted octanol–water partition coefficient (Wildman–Crippen LogP) is 2.16. The van der Waals surface area contributed by atoms with Gasteiger partial charge in [0.25, 0.3) is 5.91 Å². The number of hydrogen-bond donors (Lipinski definition) is 2. The summed E-state index contributed by atoms with van der Waals surface area (Å²) in [6.07, 6.45) is 3.32. The summed E-state index contributed by atoms with van der Waals surface area (Å²) < 4.78 is 5.45. The normalized spacial score (nSPS) is 10.7. The van der Waals surface area contributed by atoms with E-state index in [0.29, 0.717) is 5.75 Å². The third kappa shape index (κ3) is 3.98. The molecule has 0 aliphatic carbocycles. The molecule has 1 heterocycles. The third-order valence-corrected chi connectivity index (χ3v) is 2.70. The molecule has 1 amide bonds. The molecule has 0 unspecified atom stereocenters. The van der Waals surface area contributed by atoms with E-state index in [1.54, 1.807) is 6.20 Å². The lowest BCUT2D eigenvalue weighted by Gasteiger charge is -2.08. The first kappa shape index (κ1) is 13.9. The molecule has 1 aromatic carbocycles. The second kappa shape index (κ2) is 6.56. The highest BCUT2D eigenvalue weighted by atomic mass is 16.5. The SMILES string of the molecule is Cc1ccc(OCC(=O)NN=Cc2ccc[nH]2)c(C)c1. The van der Waals surface area contributed by atoms with Crippen molar-refractivity contribution < 1.29 is 9.53 Å². The van der Waals surface area contributed by atoms with E-state index in [0.717, 1.165) is 16.8 Å². The van der Waals surface area contributed by atoms with E-state index >= 15 is 0 Å². The Bertz CT molecular complexity index is 604. The largest absolute Gasteiger partial charge is 0.483 e. The van der Waals surface area contributed by atoms with Crippen LogP contribution in [0.5, 0.6) is 5.75 Å². The number of aryl methyl sites for hydroxylation is 2. The maximum Gasteiger partial charge on any atom is 0.277 e. The van der Waals surface area contributed by atoms with Crippen molar-refractivity contribution in [1.82, 2.24) is 10.4 Å². The first-order valence-corrected chi connectivity index (χ1v) is 6.30. The topological polar surface area (TPSA) is 66.5 Å². The minimum atomic E-state index is -0.298. The van der Waals surface area contributed by atoms with Gasteiger partial charge in [0.1, 0.15) is 5.75 Å². The van der Waals surface area contributed by atoms with Crippen molar-refractivity contribution in [2.75, 3.05) is 6.61 Å². The summed E-state index contributed by atoms with van der Waals surface area (Å²) in [6, 6.07) is 9.52. The molecule has 2 aromatic rings. The second-order valence-corrected chi connectivity index (χ2v) is 4.48. The summed E-state index contributed by atoms with van der Waals surface area (Å²) in [5.41, 5.74) is 5.40. The summed E-state index contributed by atoms with van der Waals surface area (Å²) in [7, 11) is 0. The van der Waals surface area contributed by atoms with E-state index in [1.807, 2.05) is 44.2 Å². The number of carbonyl (C=O) groups excluding carboxylic acids is 1. The fourth-order valence-electron chi connectivity index (χ4n) is 1.74. The molecule has 0 fully saturated rings. The van der Waals surface area contributed by atoms with Crippen LogP contribution in [0.4, 0.5) is 0 Å². The molecule has 5 nitrogen and oxygen atoms in total. The van der Waals surface area contributed by atoms with E-state index in [1.165, 1.54) is 6.21 Å². The van der Waals surface area contributed by atoms with Gasteiger partial charge in [0.05, 0.1) is 11.9 Å². The van der Waals surface area contributed by atoms with Crippen LogP contribution in [0.3, 0.4) is 0 Å². The number of H-pyrrole nitrogens is 1. The molecule has 2 rings (SSSR count). The number of rotatable bonds is 5. The van der Waals surface area contributed by atoms with Gasteiger partial charge in [-0.25, -0.2) is 5.43 Å². The highest BCUT2D eigenvalue weighted by Crippen LogP contribution is 2.18. The van der Waals surface area contributed by atoms with Crippen LogP contribution in [0.15, 0.2) is 41.6 Å². The van der Waals surface area contributed by atoms with Crippen molar-refractivity contribution in [3.05, 3.63) is 53.3 Å². The summed E-state index contributed by atoms with van der Waals surface area (Å²) in [5.74, 6) is 0.409. The number of hydrazone groups is 1. The quantitative estimate of drug-likeness (QED) is 0.646. The first-order valence-electron chi connectivity index (χ1n) is 6.30. The first-order chi connectivity index (χ1) is 9.65. The number of aromatic amines is 1. The number of carbonyl (C=O) groups is 1. The summed E-state index contributed by atoms with van der Waals surface area (Å²) in [6.45, 7) is 3.90. The molecule has 0 atom stereocenters. The van der Waals surface area contributed by atoms with Crippen molar-refractivity contribution in [3.63, 3.8) is 0 Å². The smallest absolute Gasteiger partial charge is 0.277 e. The Hall–Kier alpha value is -2.56. The van der Waals surface area contributed by atoms with Crippen LogP contribution in [0.25, 0.3) is 0 Å². The number of hydrogen-bond acceptors (Lipinski definition) is 3. The van der Waals surface area contributed by atoms with Gasteiger partial charge in [0.15, 0.2) is 6.61 Å². The average molecular weight is 271 g/mol. The molecule has 5 heteroatoms. The molecule has 104 valence electrons. The maximum absolute atomic E-state index is 11.6. The second-order valence-electron chi connectivity index (χ2n) is 4.48. The van der Waals surface area contributed by atoms with E-state index in [9.17, 15) is 4.79 Å². The Morgan fingerprint density at radius 2 is 2.25 bits per heavy atom. The van der Waals surface area contributed by atoms with Crippen LogP contribution in [0.2, 0.25) is 0 Å². The molecule has 2 N–H and O–H groups in total. The molecule has 0 aliphatic heterocycles. The van der Waals surface area contributed by atoms with Crippen molar-refractivity contribution in [2.24, 2.45) is 5.10 Å². The lowest BCUT2D eigenvalue weighted by Crippen LogP contribution is -2.24. The number of ether oxygens (including phenoxy) is 1. The minimum absolute atomic E-state index is 0.0635. The Kier molecular flexibility index (Phi) is 4.55. The van der Waals surface area contributed by atoms with Crippen LogP contribution in [0, 0.1) is 13.8 Å². The van der Waals surface area contributed by atoms with Crippen LogP contribution in [0.1, 0.15) is 16.8 Å². The number of benzene rings is 1. The molecule has 0 bridgehead atoms. The highest BCUT2D eigenvalue weighted by molar-refractivity contribution is 5.81. The Labute approximate surface area is 117 Å². The van der Waals surface area contributed by atoms with Crippen LogP contribution in [-0.4, -0.2) is 23.7 Å². The standard InChI is InChI=1S/C15H17N3O2/c1-11-5-6-14(12(2)8-11)20-10-15(19)18-17-9-13-4-3-7-16-13/h3-9,16H,10H2,1-2H3,(H,18,19). The van der Waals surface area contributed by atoms with Crippen molar-refractivity contribution >= 4 is 12.1 Å². The van der Waals surface area contributed by atoms with Gasteiger partial charge in [0, 0.05) is 6.20 Å². The molecular formula is C15H17N3O2. The fraction of sp³-hybridized carbons (Fsp3) is 0.200. The number of amides is 1. The van der Waals surface area contributed by atoms with E-state index in [4.69, 9.17) is 4.74 Å². The molecule has 0 aliphatic rings. The van der Waals surface area contributed by atoms with Gasteiger partial charge in [-0.2, -0.15) is 5.10 Å². The molecule has 0 saturated heterocycles. The monoisotopic (exact) mass is 271 g/mol. The van der Waals surface area contributed by atoms with Crippen LogP contribution < -0.4 is 10.2 Å². The highest BCUT2D eigenvalue weighted by Gasteiger charge is 2.03. The van der Waals surface area contributed by atoms with Gasteiger partial charge in [-0.1, -0.05) is 17.7 Å². The number of nitrogens with zero attached hydrogens (tertiary/aromatic N) is 1. The van der Waals surface area contributed by atoms with Gasteiger partial charge >= 0.3 is 0 Å². The zero-order chi connectivity index (χ0) is 14.4. The minimum Gasteiger partial charge on any atom is -0.483 e. The van der Waals surface area contributed by atoms with Crippen molar-refractivity contribution in [2.45, 2.75) is 13.8 Å². The van der Waals surface area contributed by atoms with Gasteiger partial charge in [-0.15, -0.1) is 0 Å². The van der Waals surface area contributed by atoms with Gasteiger partial charge in [0.2, 0.25) is 0 Å². The number of nitrogens with one attached hydrogen (secondary N) is 2. The zero-order valence-corrected chi connectivity index (χ0v) is 11.5. The van der Waals surface area contributed by atoms with Crippen molar-refractivity contribution in [3.8, 4) is 5.75 Å². The molecule has 0 radical (unpaired) electrons. The zero-order valence-electron chi connectivity index (χ0n) is 11.5. The lowest BCUT2D eigenvalue weighted by molar-refractivity contribution is -0.123. The van der Waals surface area contributed by atoms with Crippen LogP contribution in [-0.2, 0) is 4.79 Å². The summed E-state index contributed by atoms with van der Waals surface area (Å²) in [4.78, 5) is 14.5. The lowest BCUT2D eigenvalue weighted by atomic mass is 10.1. The Balaban J connectivity index is 1.80.